The Morgan fingerprint density at radius 3 is 2.25 bits per heavy atom. The molecular weight excluding hydrogens is 418 g/mol. The van der Waals surface area contributed by atoms with Crippen LogP contribution in [0.2, 0.25) is 0 Å². The van der Waals surface area contributed by atoms with Gasteiger partial charge in [-0.25, -0.2) is 9.97 Å². The van der Waals surface area contributed by atoms with E-state index in [4.69, 9.17) is 11.6 Å². The molecule has 0 fully saturated rings. The summed E-state index contributed by atoms with van der Waals surface area (Å²) in [6.45, 7) is 19.4. The molecule has 0 aromatic carbocycles. The van der Waals surface area contributed by atoms with Crippen LogP contribution in [0, 0.1) is 0 Å². The van der Waals surface area contributed by atoms with Crippen molar-refractivity contribution in [3.05, 3.63) is 46.8 Å². The van der Waals surface area contributed by atoms with Gasteiger partial charge in [0, 0.05) is 35.7 Å². The molecule has 2 N–H and O–H groups in total. The molecule has 2 rings (SSSR count). The maximum Gasteiger partial charge on any atom is 0.213 e. The third kappa shape index (κ3) is 11.5. The number of hydrogen-bond acceptors (Lipinski definition) is 4. The van der Waals surface area contributed by atoms with Crippen molar-refractivity contribution in [1.82, 2.24) is 19.9 Å². The summed E-state index contributed by atoms with van der Waals surface area (Å²) in [5, 5.41) is 7.83. The van der Waals surface area contributed by atoms with E-state index in [0.717, 1.165) is 53.6 Å². The summed E-state index contributed by atoms with van der Waals surface area (Å²) in [5.74, 6) is 0.793. The van der Waals surface area contributed by atoms with E-state index in [-0.39, 0.29) is 0 Å². The third-order valence-electron chi connectivity index (χ3n) is 4.43. The second-order valence-corrected chi connectivity index (χ2v) is 8.09. The zero-order chi connectivity index (χ0) is 24.5. The fourth-order valence-electron chi connectivity index (χ4n) is 2.86. The highest BCUT2D eigenvalue weighted by Gasteiger charge is 2.10. The van der Waals surface area contributed by atoms with Gasteiger partial charge >= 0.3 is 0 Å². The van der Waals surface area contributed by atoms with E-state index < -0.39 is 0 Å². The van der Waals surface area contributed by atoms with E-state index in [2.05, 4.69) is 74.4 Å². The summed E-state index contributed by atoms with van der Waals surface area (Å²) in [6, 6.07) is 4.47. The summed E-state index contributed by atoms with van der Waals surface area (Å²) in [4.78, 5) is 9.12. The minimum Gasteiger partial charge on any atom is -0.330 e. The van der Waals surface area contributed by atoms with Crippen LogP contribution in [0.25, 0.3) is 17.4 Å². The SMILES string of the molecule is CC.CC/C=C(\C)Cl.CCC(CC)NC/C=C(\C)Nc1nc2cccnc2n1C=C(C)C. The summed E-state index contributed by atoms with van der Waals surface area (Å²) >= 11 is 5.44. The standard InChI is InChI=1S/C19H29N5.C5H9Cl.C2H6/c1-6-16(7-2)20-12-10-15(5)22-19-23-17-9-8-11-21-18(17)24(19)13-14(3)4;1-3-4-5(2)6;1-2/h8-11,13,16,20H,6-7,12H2,1-5H3,(H,22,23);4H,3H2,1-2H3;1-2H3/b15-10+;5-4+;. The van der Waals surface area contributed by atoms with Gasteiger partial charge in [-0.3, -0.25) is 4.57 Å². The van der Waals surface area contributed by atoms with Crippen molar-refractivity contribution in [3.8, 4) is 0 Å². The number of imidazole rings is 1. The smallest absolute Gasteiger partial charge is 0.213 e. The van der Waals surface area contributed by atoms with Gasteiger partial charge in [0.1, 0.15) is 5.52 Å². The van der Waals surface area contributed by atoms with Crippen molar-refractivity contribution < 1.29 is 0 Å². The molecule has 0 spiro atoms. The van der Waals surface area contributed by atoms with Gasteiger partial charge in [-0.1, -0.05) is 63.9 Å². The number of nitrogens with zero attached hydrogens (tertiary/aromatic N) is 3. The van der Waals surface area contributed by atoms with Crippen molar-refractivity contribution in [2.24, 2.45) is 0 Å². The molecule has 0 aliphatic rings. The van der Waals surface area contributed by atoms with Crippen molar-refractivity contribution in [3.63, 3.8) is 0 Å². The minimum absolute atomic E-state index is 0.577. The molecule has 0 saturated carbocycles. The predicted octanol–water partition coefficient (Wildman–Crippen LogP) is 7.97. The number of nitrogens with one attached hydrogen (secondary N) is 2. The van der Waals surface area contributed by atoms with Gasteiger partial charge in [0.2, 0.25) is 5.95 Å². The predicted molar refractivity (Wildman–Crippen MR) is 144 cm³/mol. The molecule has 2 aromatic rings. The first-order valence-corrected chi connectivity index (χ1v) is 12.2. The zero-order valence-electron chi connectivity index (χ0n) is 21.6. The second-order valence-electron chi connectivity index (χ2n) is 7.49. The van der Waals surface area contributed by atoms with E-state index >= 15 is 0 Å². The normalized spacial score (nSPS) is 11.5. The first kappa shape index (κ1) is 29.9. The van der Waals surface area contributed by atoms with Crippen LogP contribution >= 0.6 is 11.6 Å². The highest BCUT2D eigenvalue weighted by molar-refractivity contribution is 6.29. The lowest BCUT2D eigenvalue weighted by Gasteiger charge is -2.13. The van der Waals surface area contributed by atoms with Gasteiger partial charge in [0.15, 0.2) is 5.65 Å². The number of halogens is 1. The molecule has 0 aliphatic heterocycles. The lowest BCUT2D eigenvalue weighted by atomic mass is 10.2. The Morgan fingerprint density at radius 1 is 1.09 bits per heavy atom. The Labute approximate surface area is 201 Å². The second kappa shape index (κ2) is 17.4. The van der Waals surface area contributed by atoms with Crippen molar-refractivity contribution in [2.75, 3.05) is 11.9 Å². The van der Waals surface area contributed by atoms with Crippen LogP contribution in [0.1, 0.15) is 81.6 Å². The van der Waals surface area contributed by atoms with Crippen LogP contribution in [0.5, 0.6) is 0 Å². The number of anilines is 1. The van der Waals surface area contributed by atoms with Gasteiger partial charge in [-0.15, -0.1) is 0 Å². The fourth-order valence-corrected chi connectivity index (χ4v) is 3.02. The Kier molecular flexibility index (Phi) is 16.3. The maximum atomic E-state index is 5.44. The molecule has 0 radical (unpaired) electrons. The molecule has 0 aliphatic carbocycles. The Hall–Kier alpha value is -2.11. The Bertz CT molecular complexity index is 852. The van der Waals surface area contributed by atoms with Crippen molar-refractivity contribution in [2.45, 2.75) is 87.6 Å². The molecule has 32 heavy (non-hydrogen) atoms. The largest absolute Gasteiger partial charge is 0.330 e. The minimum atomic E-state index is 0.577. The molecule has 6 heteroatoms. The van der Waals surface area contributed by atoms with Gasteiger partial charge in [-0.2, -0.15) is 0 Å². The van der Waals surface area contributed by atoms with E-state index in [1.165, 1.54) is 5.57 Å². The molecule has 5 nitrogen and oxygen atoms in total. The van der Waals surface area contributed by atoms with Crippen molar-refractivity contribution >= 4 is 34.9 Å². The molecule has 0 bridgehead atoms. The summed E-state index contributed by atoms with van der Waals surface area (Å²) in [6.07, 6.45) is 11.3. The molecule has 2 aromatic heterocycles. The average molecular weight is 462 g/mol. The quantitative estimate of drug-likeness (QED) is 0.397. The Balaban J connectivity index is 0.00000104. The number of rotatable bonds is 9. The zero-order valence-corrected chi connectivity index (χ0v) is 22.3. The third-order valence-corrected chi connectivity index (χ3v) is 4.59. The number of hydrogen-bond donors (Lipinski definition) is 2. The van der Waals surface area contributed by atoms with Crippen LogP contribution in [0.3, 0.4) is 0 Å². The first-order chi connectivity index (χ1) is 15.3. The van der Waals surface area contributed by atoms with Crippen LogP contribution < -0.4 is 10.6 Å². The maximum absolute atomic E-state index is 5.44. The summed E-state index contributed by atoms with van der Waals surface area (Å²) < 4.78 is 2.01. The summed E-state index contributed by atoms with van der Waals surface area (Å²) in [7, 11) is 0. The van der Waals surface area contributed by atoms with E-state index in [9.17, 15) is 0 Å². The lowest BCUT2D eigenvalue weighted by molar-refractivity contribution is 0.510. The highest BCUT2D eigenvalue weighted by Crippen LogP contribution is 2.20. The van der Waals surface area contributed by atoms with Gasteiger partial charge in [0.05, 0.1) is 0 Å². The molecule has 180 valence electrons. The van der Waals surface area contributed by atoms with Gasteiger partial charge in [-0.05, 0) is 59.1 Å². The van der Waals surface area contributed by atoms with E-state index in [0.29, 0.717) is 6.04 Å². The topological polar surface area (TPSA) is 54.8 Å². The van der Waals surface area contributed by atoms with E-state index in [1.807, 2.05) is 43.5 Å². The molecule has 2 heterocycles. The molecular formula is C26H44ClN5. The molecule has 0 saturated heterocycles. The number of fused-ring (bicyclic) bond motifs is 1. The lowest BCUT2D eigenvalue weighted by Crippen LogP contribution is -2.27. The average Bonchev–Trinajstić information content (AvgIpc) is 3.09. The molecule has 0 atom stereocenters. The van der Waals surface area contributed by atoms with E-state index in [1.54, 1.807) is 6.20 Å². The number of pyridine rings is 1. The number of allylic oxidation sites excluding steroid dienone is 4. The molecule has 0 unspecified atom stereocenters. The van der Waals surface area contributed by atoms with Crippen molar-refractivity contribution in [1.29, 1.82) is 0 Å². The van der Waals surface area contributed by atoms with Crippen LogP contribution in [-0.4, -0.2) is 27.1 Å². The summed E-state index contributed by atoms with van der Waals surface area (Å²) in [5.41, 5.74) is 4.02. The highest BCUT2D eigenvalue weighted by atomic mass is 35.5. The van der Waals surface area contributed by atoms with Crippen LogP contribution in [-0.2, 0) is 0 Å². The Morgan fingerprint density at radius 2 is 1.75 bits per heavy atom. The van der Waals surface area contributed by atoms with Gasteiger partial charge < -0.3 is 10.6 Å². The van der Waals surface area contributed by atoms with Gasteiger partial charge in [0.25, 0.3) is 0 Å². The van der Waals surface area contributed by atoms with Crippen LogP contribution in [0.4, 0.5) is 5.95 Å². The first-order valence-electron chi connectivity index (χ1n) is 11.8. The number of aromatic nitrogens is 3. The molecule has 0 amide bonds. The van der Waals surface area contributed by atoms with Crippen LogP contribution in [0.15, 0.2) is 46.8 Å². The fraction of sp³-hybridized carbons (Fsp3) is 0.538. The monoisotopic (exact) mass is 461 g/mol.